The predicted molar refractivity (Wildman–Crippen MR) is 349 cm³/mol. The van der Waals surface area contributed by atoms with Crippen LogP contribution < -0.4 is 0 Å². The van der Waals surface area contributed by atoms with Crippen LogP contribution in [0.15, 0.2) is 0 Å². The van der Waals surface area contributed by atoms with Crippen LogP contribution in [0.2, 0.25) is 0 Å². The van der Waals surface area contributed by atoms with Crippen molar-refractivity contribution in [3.8, 4) is 0 Å². The fourth-order valence-corrected chi connectivity index (χ4v) is 12.5. The van der Waals surface area contributed by atoms with E-state index in [9.17, 15) is 38.7 Å². The molecule has 94 heavy (non-hydrogen) atoms. The lowest BCUT2D eigenvalue weighted by molar-refractivity contribution is -0.362. The molecule has 0 radical (unpaired) electrons. The molecule has 2 heterocycles. The number of carbonyl (C=O) groups excluding carboxylic acids is 7. The summed E-state index contributed by atoms with van der Waals surface area (Å²) in [7, 11) is 0. The number of hydrogen-bond acceptors (Lipinski definition) is 23. The molecular formula is C71H124O23. The molecule has 3 rings (SSSR count). The van der Waals surface area contributed by atoms with Crippen LogP contribution in [0, 0.1) is 35.5 Å². The van der Waals surface area contributed by atoms with Crippen LogP contribution >= 0.6 is 0 Å². The second kappa shape index (κ2) is 48.6. The molecular weight excluding hydrogens is 1220 g/mol. The van der Waals surface area contributed by atoms with Crippen molar-refractivity contribution in [3.63, 3.8) is 0 Å². The molecule has 546 valence electrons. The maximum atomic E-state index is 13.1. The zero-order valence-corrected chi connectivity index (χ0v) is 59.7. The second-order valence-electron chi connectivity index (χ2n) is 27.4. The van der Waals surface area contributed by atoms with Crippen molar-refractivity contribution in [1.29, 1.82) is 0 Å². The van der Waals surface area contributed by atoms with Gasteiger partial charge >= 0.3 is 41.8 Å². The van der Waals surface area contributed by atoms with E-state index in [0.29, 0.717) is 50.8 Å². The lowest BCUT2D eigenvalue weighted by atomic mass is 9.95. The van der Waals surface area contributed by atoms with Gasteiger partial charge in [0.2, 0.25) is 0 Å². The second-order valence-corrected chi connectivity index (χ2v) is 27.4. The van der Waals surface area contributed by atoms with Crippen molar-refractivity contribution in [2.75, 3.05) is 66.1 Å². The van der Waals surface area contributed by atoms with Crippen molar-refractivity contribution in [1.82, 2.24) is 0 Å². The van der Waals surface area contributed by atoms with Crippen molar-refractivity contribution < 1.29 is 110 Å². The molecule has 0 bridgehead atoms. The molecule has 1 N–H and O–H groups in total. The van der Waals surface area contributed by atoms with Crippen LogP contribution in [0.4, 0.5) is 0 Å². The molecule has 1 saturated carbocycles. The lowest BCUT2D eigenvalue weighted by Crippen LogP contribution is -2.67. The Hall–Kier alpha value is -4.07. The average Bonchev–Trinajstić information content (AvgIpc) is 0.875. The molecule has 1 aliphatic carbocycles. The third kappa shape index (κ3) is 37.0. The van der Waals surface area contributed by atoms with Gasteiger partial charge in [0, 0.05) is 74.9 Å². The molecule has 0 amide bonds. The van der Waals surface area contributed by atoms with Crippen LogP contribution in [0.1, 0.15) is 238 Å². The third-order valence-corrected chi connectivity index (χ3v) is 17.5. The van der Waals surface area contributed by atoms with Gasteiger partial charge in [-0.05, 0) is 67.6 Å². The maximum Gasteiger partial charge on any atom is 0.303 e. The number of carbonyl (C=O) groups is 7. The van der Waals surface area contributed by atoms with E-state index < -0.39 is 123 Å². The molecule has 0 unspecified atom stereocenters. The van der Waals surface area contributed by atoms with Crippen molar-refractivity contribution in [3.05, 3.63) is 0 Å². The van der Waals surface area contributed by atoms with E-state index in [0.717, 1.165) is 124 Å². The Bertz CT molecular complexity index is 2110. The molecule has 3 aliphatic rings. The van der Waals surface area contributed by atoms with Crippen molar-refractivity contribution >= 4 is 41.8 Å². The van der Waals surface area contributed by atoms with Gasteiger partial charge < -0.3 is 76.2 Å². The number of aliphatic hydroxyl groups is 1. The molecule has 2 saturated heterocycles. The van der Waals surface area contributed by atoms with E-state index >= 15 is 0 Å². The van der Waals surface area contributed by atoms with Gasteiger partial charge in [-0.25, -0.2) is 0 Å². The summed E-state index contributed by atoms with van der Waals surface area (Å²) in [5.74, 6) is -1.78. The summed E-state index contributed by atoms with van der Waals surface area (Å²) in [6.07, 6.45) is 10.2. The Kier molecular flexibility index (Phi) is 43.5. The Balaban J connectivity index is 1.59. The van der Waals surface area contributed by atoms with Crippen molar-refractivity contribution in [2.45, 2.75) is 311 Å². The van der Waals surface area contributed by atoms with E-state index in [1.165, 1.54) is 89.9 Å². The molecule has 0 aromatic carbocycles. The molecule has 2 aliphatic heterocycles. The normalized spacial score (nSPS) is 25.1. The van der Waals surface area contributed by atoms with Gasteiger partial charge in [0.25, 0.3) is 0 Å². The molecule has 23 nitrogen and oxygen atoms in total. The quantitative estimate of drug-likeness (QED) is 0.0336. The first-order chi connectivity index (χ1) is 44.8. The van der Waals surface area contributed by atoms with Crippen LogP contribution in [0.3, 0.4) is 0 Å². The highest BCUT2D eigenvalue weighted by molar-refractivity contribution is 5.69. The molecule has 0 aromatic heterocycles. The summed E-state index contributed by atoms with van der Waals surface area (Å²) in [5.41, 5.74) is 0. The summed E-state index contributed by atoms with van der Waals surface area (Å²) < 4.78 is 89.3. The molecule has 0 aromatic rings. The van der Waals surface area contributed by atoms with Crippen LogP contribution in [0.5, 0.6) is 0 Å². The standard InChI is InChI=1S/C71H124O23/c1-47(2)26-24-28-49(5)34-38-82-60(41-72)42-80-36-22-18-14-16-20-30-58-32-33-59(40-58)31-21-17-15-19-23-37-81-43-61(83-39-35-50(6)29-25-27-48(3)4)44-86-70-68(90-56(12)78)67(89-55(11)77)65(63(92-70)46-85-52(8)74)94-71-69(91-57(13)79)66(88-54(10)76)64(87-53(9)75)62(93-71)45-84-51(7)73/h47-50,58-72H,14-46H2,1-13H3/t49-,50-,58+,59-,60-,61+,62-,63-,64+,65-,66+,67+,68-,69-,70-,71+/m1/s1. The lowest BCUT2D eigenvalue weighted by Gasteiger charge is -2.48. The Morgan fingerprint density at radius 2 is 0.798 bits per heavy atom. The van der Waals surface area contributed by atoms with E-state index in [1.54, 1.807) is 0 Å². The van der Waals surface area contributed by atoms with Gasteiger partial charge in [0.15, 0.2) is 43.1 Å². The first-order valence-electron chi connectivity index (χ1n) is 35.6. The van der Waals surface area contributed by atoms with Crippen LogP contribution in [0.25, 0.3) is 0 Å². The monoisotopic (exact) mass is 1340 g/mol. The Morgan fingerprint density at radius 3 is 1.26 bits per heavy atom. The highest BCUT2D eigenvalue weighted by Gasteiger charge is 2.58. The zero-order chi connectivity index (χ0) is 69.4. The average molecular weight is 1350 g/mol. The number of esters is 7. The molecule has 16 atom stereocenters. The van der Waals surface area contributed by atoms with E-state index in [1.807, 2.05) is 0 Å². The van der Waals surface area contributed by atoms with E-state index in [4.69, 9.17) is 71.1 Å². The van der Waals surface area contributed by atoms with Crippen LogP contribution in [-0.4, -0.2) is 187 Å². The van der Waals surface area contributed by atoms with E-state index in [2.05, 4.69) is 41.5 Å². The number of hydrogen-bond donors (Lipinski definition) is 1. The first kappa shape index (κ1) is 84.2. The minimum absolute atomic E-state index is 0.00566. The summed E-state index contributed by atoms with van der Waals surface area (Å²) in [6.45, 7) is 22.8. The highest BCUT2D eigenvalue weighted by Crippen LogP contribution is 2.38. The fraction of sp³-hybridized carbons (Fsp3) is 0.901. The number of ether oxygens (including phenoxy) is 15. The minimum atomic E-state index is -1.82. The van der Waals surface area contributed by atoms with Crippen molar-refractivity contribution in [2.24, 2.45) is 35.5 Å². The smallest absolute Gasteiger partial charge is 0.303 e. The van der Waals surface area contributed by atoms with Gasteiger partial charge in [0.05, 0.1) is 26.4 Å². The predicted octanol–water partition coefficient (Wildman–Crippen LogP) is 11.2. The van der Waals surface area contributed by atoms with Gasteiger partial charge in [0.1, 0.15) is 43.7 Å². The summed E-state index contributed by atoms with van der Waals surface area (Å²) >= 11 is 0. The van der Waals surface area contributed by atoms with E-state index in [-0.39, 0.29) is 25.9 Å². The maximum absolute atomic E-state index is 13.1. The van der Waals surface area contributed by atoms with Gasteiger partial charge in [-0.3, -0.25) is 33.6 Å². The zero-order valence-electron chi connectivity index (χ0n) is 59.7. The Morgan fingerprint density at radius 1 is 0.404 bits per heavy atom. The fourth-order valence-electron chi connectivity index (χ4n) is 12.5. The number of unbranched alkanes of at least 4 members (excludes halogenated alkanes) is 8. The SMILES string of the molecule is CC(=O)OC[C@H]1O[C@@H](O[C@H]2[C@H](OC(C)=O)[C@@H](OC(C)=O)[C@H](OC[C@H](COCCCCCCC[C@@H]3CC[C@H](CCCCCCCOC[C@@H](CO)OCC[C@H](C)CCCC(C)C)C3)OCC[C@H](C)CCCC(C)C)O[C@@H]2COC(C)=O)[C@H](OC(C)=O)[C@@H](OC(C)=O)[C@H]1OC(C)=O. The Labute approximate surface area is 562 Å². The highest BCUT2D eigenvalue weighted by atomic mass is 16.8. The van der Waals surface area contributed by atoms with Crippen LogP contribution in [-0.2, 0) is 105 Å². The molecule has 0 spiro atoms. The third-order valence-electron chi connectivity index (χ3n) is 17.5. The first-order valence-corrected chi connectivity index (χ1v) is 35.6. The summed E-state index contributed by atoms with van der Waals surface area (Å²) in [6, 6.07) is 0. The topological polar surface area (TPSA) is 278 Å². The number of rotatable bonds is 51. The molecule has 3 fully saturated rings. The van der Waals surface area contributed by atoms with Gasteiger partial charge in [-0.2, -0.15) is 0 Å². The number of aliphatic hydroxyl groups excluding tert-OH is 1. The van der Waals surface area contributed by atoms with Gasteiger partial charge in [-0.1, -0.05) is 157 Å². The largest absolute Gasteiger partial charge is 0.463 e. The molecule has 23 heteroatoms. The minimum Gasteiger partial charge on any atom is -0.463 e. The van der Waals surface area contributed by atoms with Gasteiger partial charge in [-0.15, -0.1) is 0 Å². The summed E-state index contributed by atoms with van der Waals surface area (Å²) in [5, 5.41) is 9.77. The summed E-state index contributed by atoms with van der Waals surface area (Å²) in [4.78, 5) is 88.4.